The molecule has 140 valence electrons. The number of ether oxygens (including phenoxy) is 2. The summed E-state index contributed by atoms with van der Waals surface area (Å²) in [5.74, 6) is -0.729. The summed E-state index contributed by atoms with van der Waals surface area (Å²) in [6.45, 7) is -3.02. The average Bonchev–Trinajstić information content (AvgIpc) is 2.86. The van der Waals surface area contributed by atoms with Gasteiger partial charge >= 0.3 is 6.61 Å². The van der Waals surface area contributed by atoms with Crippen LogP contribution in [-0.4, -0.2) is 69.7 Å². The number of rotatable bonds is 6. The van der Waals surface area contributed by atoms with Gasteiger partial charge in [0.15, 0.2) is 21.3 Å². The van der Waals surface area contributed by atoms with Crippen molar-refractivity contribution in [2.75, 3.05) is 32.7 Å². The van der Waals surface area contributed by atoms with Crippen LogP contribution in [0.4, 0.5) is 8.78 Å². The van der Waals surface area contributed by atoms with Gasteiger partial charge in [-0.3, -0.25) is 9.80 Å². The molecular formula is C15H20F2N2O5S. The zero-order chi connectivity index (χ0) is 18.8. The maximum absolute atomic E-state index is 12.8. The van der Waals surface area contributed by atoms with Gasteiger partial charge in [-0.1, -0.05) is 0 Å². The van der Waals surface area contributed by atoms with Crippen molar-refractivity contribution in [3.8, 4) is 11.5 Å². The third kappa shape index (κ3) is 4.57. The molecule has 1 unspecified atom stereocenters. The lowest BCUT2D eigenvalue weighted by atomic mass is 10.1. The number of methoxy groups -OCH3 is 1. The molecule has 1 aliphatic heterocycles. The first-order valence-corrected chi connectivity index (χ1v) is 9.31. The molecule has 7 nitrogen and oxygen atoms in total. The number of hydrogen-bond acceptors (Lipinski definition) is 6. The minimum absolute atomic E-state index is 0.0103. The maximum atomic E-state index is 12.8. The fourth-order valence-corrected chi connectivity index (χ4v) is 4.46. The Hall–Kier alpha value is -1.94. The standard InChI is InChI=1S/C15H20F2N2O5S/c1-18(2)19(11-6-7-25(21,22)9-11)14(20)10-4-5-12(24-15(16)17)13(8-10)23-3/h4-5,8,11,15H,6-7,9H2,1-3H3. The second-order valence-corrected chi connectivity index (χ2v) is 8.03. The monoisotopic (exact) mass is 378 g/mol. The Morgan fingerprint density at radius 3 is 2.44 bits per heavy atom. The minimum Gasteiger partial charge on any atom is -0.493 e. The SMILES string of the molecule is COc1cc(C(=O)N(C2CCS(=O)(=O)C2)N(C)C)ccc1OC(F)F. The Bertz CT molecular complexity index is 739. The van der Waals surface area contributed by atoms with Gasteiger partial charge in [-0.15, -0.1) is 0 Å². The highest BCUT2D eigenvalue weighted by Crippen LogP contribution is 2.30. The highest BCUT2D eigenvalue weighted by Gasteiger charge is 2.36. The summed E-state index contributed by atoms with van der Waals surface area (Å²) in [5.41, 5.74) is 0.177. The molecule has 0 radical (unpaired) electrons. The Labute approximate surface area is 145 Å². The molecule has 1 saturated heterocycles. The smallest absolute Gasteiger partial charge is 0.387 e. The molecular weight excluding hydrogens is 358 g/mol. The van der Waals surface area contributed by atoms with E-state index in [9.17, 15) is 22.0 Å². The van der Waals surface area contributed by atoms with E-state index in [0.717, 1.165) is 0 Å². The lowest BCUT2D eigenvalue weighted by molar-refractivity contribution is -0.0512. The van der Waals surface area contributed by atoms with E-state index in [1.54, 1.807) is 14.1 Å². The molecule has 1 aliphatic rings. The second kappa shape index (κ2) is 7.52. The molecule has 0 aromatic heterocycles. The van der Waals surface area contributed by atoms with Crippen molar-refractivity contribution in [3.63, 3.8) is 0 Å². The van der Waals surface area contributed by atoms with Crippen LogP contribution in [0.5, 0.6) is 11.5 Å². The van der Waals surface area contributed by atoms with Crippen LogP contribution in [0.1, 0.15) is 16.8 Å². The van der Waals surface area contributed by atoms with Crippen LogP contribution >= 0.6 is 0 Å². The number of halogens is 2. The molecule has 0 saturated carbocycles. The van der Waals surface area contributed by atoms with E-state index in [2.05, 4.69) is 4.74 Å². The zero-order valence-corrected chi connectivity index (χ0v) is 14.9. The summed E-state index contributed by atoms with van der Waals surface area (Å²) in [5, 5.41) is 2.87. The van der Waals surface area contributed by atoms with Crippen molar-refractivity contribution >= 4 is 15.7 Å². The predicted octanol–water partition coefficient (Wildman–Crippen LogP) is 1.40. The highest BCUT2D eigenvalue weighted by molar-refractivity contribution is 7.91. The molecule has 0 bridgehead atoms. The summed E-state index contributed by atoms with van der Waals surface area (Å²) >= 11 is 0. The maximum Gasteiger partial charge on any atom is 0.387 e. The summed E-state index contributed by atoms with van der Waals surface area (Å²) in [6, 6.07) is 3.37. The topological polar surface area (TPSA) is 76.2 Å². The van der Waals surface area contributed by atoms with Gasteiger partial charge in [0.2, 0.25) is 0 Å². The van der Waals surface area contributed by atoms with E-state index in [0.29, 0.717) is 6.42 Å². The molecule has 0 aliphatic carbocycles. The highest BCUT2D eigenvalue weighted by atomic mass is 32.2. The van der Waals surface area contributed by atoms with Crippen molar-refractivity contribution in [1.82, 2.24) is 10.0 Å². The lowest BCUT2D eigenvalue weighted by Crippen LogP contribution is -2.49. The zero-order valence-electron chi connectivity index (χ0n) is 14.1. The first-order chi connectivity index (χ1) is 11.6. The molecule has 0 spiro atoms. The Balaban J connectivity index is 2.30. The number of hydrogen-bond donors (Lipinski definition) is 0. The quantitative estimate of drug-likeness (QED) is 0.697. The third-order valence-corrected chi connectivity index (χ3v) is 5.57. The van der Waals surface area contributed by atoms with Crippen LogP contribution in [0, 0.1) is 0 Å². The number of benzene rings is 1. The van der Waals surface area contributed by atoms with Crippen molar-refractivity contribution < 1.29 is 31.5 Å². The second-order valence-electron chi connectivity index (χ2n) is 5.80. The summed E-state index contributed by atoms with van der Waals surface area (Å²) < 4.78 is 57.5. The van der Waals surface area contributed by atoms with Gasteiger partial charge in [0.25, 0.3) is 5.91 Å². The lowest BCUT2D eigenvalue weighted by Gasteiger charge is -2.33. The number of hydrazine groups is 1. The number of amides is 1. The molecule has 1 heterocycles. The molecule has 1 amide bonds. The van der Waals surface area contributed by atoms with Gasteiger partial charge in [0, 0.05) is 19.7 Å². The van der Waals surface area contributed by atoms with Crippen molar-refractivity contribution in [2.45, 2.75) is 19.1 Å². The van der Waals surface area contributed by atoms with Gasteiger partial charge < -0.3 is 9.47 Å². The van der Waals surface area contributed by atoms with Crippen molar-refractivity contribution in [3.05, 3.63) is 23.8 Å². The van der Waals surface area contributed by atoms with E-state index < -0.39 is 28.4 Å². The van der Waals surface area contributed by atoms with Crippen molar-refractivity contribution in [1.29, 1.82) is 0 Å². The molecule has 0 N–H and O–H groups in total. The predicted molar refractivity (Wildman–Crippen MR) is 86.5 cm³/mol. The first-order valence-electron chi connectivity index (χ1n) is 7.48. The van der Waals surface area contributed by atoms with Crippen LogP contribution in [0.25, 0.3) is 0 Å². The largest absolute Gasteiger partial charge is 0.493 e. The van der Waals surface area contributed by atoms with E-state index in [-0.39, 0.29) is 28.6 Å². The van der Waals surface area contributed by atoms with Crippen LogP contribution in [0.15, 0.2) is 18.2 Å². The molecule has 10 heteroatoms. The normalized spacial score (nSPS) is 19.2. The molecule has 1 fully saturated rings. The Morgan fingerprint density at radius 2 is 1.96 bits per heavy atom. The fourth-order valence-electron chi connectivity index (χ4n) is 2.77. The van der Waals surface area contributed by atoms with Crippen LogP contribution in [0.2, 0.25) is 0 Å². The molecule has 1 aromatic carbocycles. The molecule has 1 aromatic rings. The Morgan fingerprint density at radius 1 is 1.28 bits per heavy atom. The summed E-state index contributed by atoms with van der Waals surface area (Å²) in [6.07, 6.45) is 0.343. The minimum atomic E-state index is -3.17. The van der Waals surface area contributed by atoms with Gasteiger partial charge in [-0.05, 0) is 24.6 Å². The first kappa shape index (κ1) is 19.4. The van der Waals surface area contributed by atoms with Crippen LogP contribution < -0.4 is 9.47 Å². The fraction of sp³-hybridized carbons (Fsp3) is 0.533. The average molecular weight is 378 g/mol. The van der Waals surface area contributed by atoms with E-state index in [1.807, 2.05) is 0 Å². The third-order valence-electron chi connectivity index (χ3n) is 3.82. The van der Waals surface area contributed by atoms with Gasteiger partial charge in [0.1, 0.15) is 0 Å². The molecule has 1 atom stereocenters. The summed E-state index contributed by atoms with van der Waals surface area (Å²) in [4.78, 5) is 12.8. The number of alkyl halides is 2. The Kier molecular flexibility index (Phi) is 5.83. The number of nitrogens with zero attached hydrogens (tertiary/aromatic N) is 2. The number of carbonyl (C=O) groups excluding carboxylic acids is 1. The van der Waals surface area contributed by atoms with Gasteiger partial charge in [-0.2, -0.15) is 8.78 Å². The van der Waals surface area contributed by atoms with Gasteiger partial charge in [0.05, 0.1) is 24.7 Å². The van der Waals surface area contributed by atoms with Gasteiger partial charge in [-0.25, -0.2) is 13.4 Å². The molecule has 2 rings (SSSR count). The van der Waals surface area contributed by atoms with Crippen molar-refractivity contribution in [2.24, 2.45) is 0 Å². The van der Waals surface area contributed by atoms with Crippen LogP contribution in [-0.2, 0) is 9.84 Å². The molecule has 25 heavy (non-hydrogen) atoms. The summed E-state index contributed by atoms with van der Waals surface area (Å²) in [7, 11) is 1.37. The van der Waals surface area contributed by atoms with E-state index >= 15 is 0 Å². The number of sulfone groups is 1. The van der Waals surface area contributed by atoms with E-state index in [4.69, 9.17) is 4.74 Å². The number of carbonyl (C=O) groups is 1. The van der Waals surface area contributed by atoms with E-state index in [1.165, 1.54) is 35.3 Å². The van der Waals surface area contributed by atoms with Crippen LogP contribution in [0.3, 0.4) is 0 Å².